The van der Waals surface area contributed by atoms with E-state index in [0.29, 0.717) is 6.35 Å². The topological polar surface area (TPSA) is 46.5 Å². The normalized spacial score (nSPS) is 11.2. The predicted molar refractivity (Wildman–Crippen MR) is 108 cm³/mol. The van der Waals surface area contributed by atoms with E-state index in [4.69, 9.17) is 9.84 Å². The monoisotopic (exact) mass is 365 g/mol. The smallest absolute Gasteiger partial charge is 0.305 e. The van der Waals surface area contributed by atoms with Gasteiger partial charge in [0.05, 0.1) is 13.0 Å². The van der Waals surface area contributed by atoms with E-state index in [1.54, 1.807) is 0 Å². The standard InChI is InChI=1S/C22H21O3P/c23-22(24)16-17-25-18-26(19-10-4-1-5-11-19,20-12-6-2-7-13-20)21-14-8-3-9-15-21/h1-15H,16-18H2/p+1. The fourth-order valence-corrected chi connectivity index (χ4v) is 6.87. The fraction of sp³-hybridized carbons (Fsp3) is 0.136. The van der Waals surface area contributed by atoms with Crippen molar-refractivity contribution in [2.24, 2.45) is 0 Å². The Bertz CT molecular complexity index is 723. The molecular formula is C22H22O3P+. The quantitative estimate of drug-likeness (QED) is 0.491. The summed E-state index contributed by atoms with van der Waals surface area (Å²) in [7, 11) is -2.03. The van der Waals surface area contributed by atoms with Gasteiger partial charge in [0.1, 0.15) is 23.2 Å². The number of benzene rings is 3. The Balaban J connectivity index is 2.10. The largest absolute Gasteiger partial charge is 0.481 e. The van der Waals surface area contributed by atoms with Crippen LogP contribution < -0.4 is 15.9 Å². The van der Waals surface area contributed by atoms with Crippen molar-refractivity contribution in [2.75, 3.05) is 13.0 Å². The van der Waals surface area contributed by atoms with Crippen LogP contribution in [0.1, 0.15) is 6.42 Å². The second-order valence-electron chi connectivity index (χ2n) is 6.00. The molecule has 0 saturated heterocycles. The minimum Gasteiger partial charge on any atom is -0.481 e. The van der Waals surface area contributed by atoms with Gasteiger partial charge in [0, 0.05) is 0 Å². The lowest BCUT2D eigenvalue weighted by atomic mass is 10.4. The van der Waals surface area contributed by atoms with Crippen molar-refractivity contribution in [1.29, 1.82) is 0 Å². The minimum absolute atomic E-state index is 0.0123. The van der Waals surface area contributed by atoms with Gasteiger partial charge in [-0.05, 0) is 36.4 Å². The average Bonchev–Trinajstić information content (AvgIpc) is 2.70. The van der Waals surface area contributed by atoms with Gasteiger partial charge in [0.2, 0.25) is 0 Å². The Morgan fingerprint density at radius 2 is 1.12 bits per heavy atom. The highest BCUT2D eigenvalue weighted by atomic mass is 31.2. The molecule has 0 fully saturated rings. The van der Waals surface area contributed by atoms with Crippen LogP contribution >= 0.6 is 7.26 Å². The Kier molecular flexibility index (Phi) is 6.17. The van der Waals surface area contributed by atoms with Gasteiger partial charge in [-0.15, -0.1) is 0 Å². The van der Waals surface area contributed by atoms with Crippen LogP contribution in [0.2, 0.25) is 0 Å². The first kappa shape index (κ1) is 18.3. The van der Waals surface area contributed by atoms with Gasteiger partial charge in [0.15, 0.2) is 6.35 Å². The maximum atomic E-state index is 10.9. The van der Waals surface area contributed by atoms with Gasteiger partial charge in [-0.25, -0.2) is 0 Å². The molecule has 3 nitrogen and oxygen atoms in total. The molecule has 0 saturated carbocycles. The number of rotatable bonds is 8. The van der Waals surface area contributed by atoms with Gasteiger partial charge in [0.25, 0.3) is 0 Å². The maximum Gasteiger partial charge on any atom is 0.305 e. The van der Waals surface area contributed by atoms with Gasteiger partial charge >= 0.3 is 5.97 Å². The number of aliphatic carboxylic acids is 1. The van der Waals surface area contributed by atoms with Crippen molar-refractivity contribution < 1.29 is 14.6 Å². The van der Waals surface area contributed by atoms with Crippen molar-refractivity contribution in [2.45, 2.75) is 6.42 Å². The Hall–Kier alpha value is -2.48. The molecule has 0 bridgehead atoms. The van der Waals surface area contributed by atoms with Gasteiger partial charge < -0.3 is 9.84 Å². The minimum atomic E-state index is -2.03. The van der Waals surface area contributed by atoms with Crippen LogP contribution in [-0.4, -0.2) is 24.0 Å². The molecule has 3 rings (SSSR count). The summed E-state index contributed by atoms with van der Waals surface area (Å²) in [5, 5.41) is 12.6. The van der Waals surface area contributed by atoms with Crippen LogP contribution in [0.3, 0.4) is 0 Å². The summed E-state index contributed by atoms with van der Waals surface area (Å²) in [6.07, 6.45) is 0.497. The van der Waals surface area contributed by atoms with E-state index >= 15 is 0 Å². The summed E-state index contributed by atoms with van der Waals surface area (Å²) in [6, 6.07) is 31.2. The predicted octanol–water partition coefficient (Wildman–Crippen LogP) is 3.43. The molecule has 0 unspecified atom stereocenters. The molecule has 0 heterocycles. The average molecular weight is 365 g/mol. The Labute approximate surface area is 154 Å². The molecule has 0 aliphatic carbocycles. The molecule has 0 aliphatic heterocycles. The van der Waals surface area contributed by atoms with Crippen LogP contribution in [0, 0.1) is 0 Å². The van der Waals surface area contributed by atoms with Crippen molar-refractivity contribution in [3.63, 3.8) is 0 Å². The lowest BCUT2D eigenvalue weighted by molar-refractivity contribution is -0.138. The number of ether oxygens (including phenoxy) is 1. The highest BCUT2D eigenvalue weighted by molar-refractivity contribution is 7.95. The van der Waals surface area contributed by atoms with Crippen molar-refractivity contribution in [1.82, 2.24) is 0 Å². The molecule has 3 aromatic rings. The van der Waals surface area contributed by atoms with E-state index in [1.165, 1.54) is 15.9 Å². The summed E-state index contributed by atoms with van der Waals surface area (Å²) >= 11 is 0. The van der Waals surface area contributed by atoms with Gasteiger partial charge in [-0.1, -0.05) is 54.6 Å². The summed E-state index contributed by atoms with van der Waals surface area (Å²) in [5.41, 5.74) is 0. The summed E-state index contributed by atoms with van der Waals surface area (Å²) in [6.45, 7) is 0.212. The van der Waals surface area contributed by atoms with E-state index in [2.05, 4.69) is 36.4 Å². The van der Waals surface area contributed by atoms with E-state index in [-0.39, 0.29) is 13.0 Å². The molecule has 0 spiro atoms. The number of carboxylic acids is 1. The van der Waals surface area contributed by atoms with Crippen LogP contribution in [0.25, 0.3) is 0 Å². The lowest BCUT2D eigenvalue weighted by Gasteiger charge is -2.27. The maximum absolute atomic E-state index is 10.9. The lowest BCUT2D eigenvalue weighted by Crippen LogP contribution is -2.34. The molecule has 3 aromatic carbocycles. The summed E-state index contributed by atoms with van der Waals surface area (Å²) < 4.78 is 5.94. The first-order chi connectivity index (χ1) is 12.7. The first-order valence-corrected chi connectivity index (χ1v) is 10.6. The van der Waals surface area contributed by atoms with Gasteiger partial charge in [-0.3, -0.25) is 4.79 Å². The molecule has 0 aromatic heterocycles. The molecule has 4 heteroatoms. The Morgan fingerprint density at radius 1 is 0.731 bits per heavy atom. The third-order valence-corrected chi connectivity index (χ3v) is 8.45. The molecule has 26 heavy (non-hydrogen) atoms. The molecule has 0 amide bonds. The Morgan fingerprint density at radius 3 is 1.46 bits per heavy atom. The van der Waals surface area contributed by atoms with Crippen LogP contribution in [-0.2, 0) is 9.53 Å². The molecule has 0 radical (unpaired) electrons. The fourth-order valence-electron chi connectivity index (χ4n) is 3.08. The third-order valence-electron chi connectivity index (χ3n) is 4.34. The molecule has 0 atom stereocenters. The van der Waals surface area contributed by atoms with E-state index in [0.717, 1.165) is 0 Å². The second kappa shape index (κ2) is 8.75. The summed E-state index contributed by atoms with van der Waals surface area (Å²) in [5.74, 6) is -0.840. The summed E-state index contributed by atoms with van der Waals surface area (Å²) in [4.78, 5) is 10.9. The number of hydrogen-bond donors (Lipinski definition) is 1. The second-order valence-corrected chi connectivity index (χ2v) is 9.42. The highest BCUT2D eigenvalue weighted by Crippen LogP contribution is 2.55. The van der Waals surface area contributed by atoms with Crippen molar-refractivity contribution in [3.8, 4) is 0 Å². The highest BCUT2D eigenvalue weighted by Gasteiger charge is 2.45. The number of carbonyl (C=O) groups is 1. The number of hydrogen-bond acceptors (Lipinski definition) is 2. The zero-order valence-corrected chi connectivity index (χ0v) is 15.4. The van der Waals surface area contributed by atoms with Crippen LogP contribution in [0.5, 0.6) is 0 Å². The van der Waals surface area contributed by atoms with Crippen molar-refractivity contribution in [3.05, 3.63) is 91.0 Å². The number of carboxylic acid groups (broad SMARTS) is 1. The SMILES string of the molecule is O=C(O)CCOC[P+](c1ccccc1)(c1ccccc1)c1ccccc1. The van der Waals surface area contributed by atoms with Crippen molar-refractivity contribution >= 4 is 29.1 Å². The van der Waals surface area contributed by atoms with Crippen LogP contribution in [0.15, 0.2) is 91.0 Å². The third kappa shape index (κ3) is 4.01. The van der Waals surface area contributed by atoms with E-state index in [1.807, 2.05) is 54.6 Å². The van der Waals surface area contributed by atoms with E-state index < -0.39 is 13.2 Å². The van der Waals surface area contributed by atoms with Gasteiger partial charge in [-0.2, -0.15) is 0 Å². The molecule has 1 N–H and O–H groups in total. The first-order valence-electron chi connectivity index (χ1n) is 8.58. The molecular weight excluding hydrogens is 343 g/mol. The molecule has 132 valence electrons. The zero-order chi connectivity index (χ0) is 18.2. The van der Waals surface area contributed by atoms with E-state index in [9.17, 15) is 4.79 Å². The molecule has 0 aliphatic rings. The zero-order valence-electron chi connectivity index (χ0n) is 14.5. The van der Waals surface area contributed by atoms with Crippen LogP contribution in [0.4, 0.5) is 0 Å².